The summed E-state index contributed by atoms with van der Waals surface area (Å²) in [6, 6.07) is 1.91. The highest BCUT2D eigenvalue weighted by Gasteiger charge is 2.03. The van der Waals surface area contributed by atoms with Crippen LogP contribution in [0.3, 0.4) is 0 Å². The average molecular weight is 155 g/mol. The van der Waals surface area contributed by atoms with Gasteiger partial charge in [-0.2, -0.15) is 0 Å². The first-order valence-electron chi connectivity index (χ1n) is 3.62. The largest absolute Gasteiger partial charge is 0.469 e. The van der Waals surface area contributed by atoms with Crippen LogP contribution in [-0.2, 0) is 17.8 Å². The van der Waals surface area contributed by atoms with E-state index in [1.54, 1.807) is 13.4 Å². The molecule has 1 heterocycles. The van der Waals surface area contributed by atoms with Crippen LogP contribution in [0.5, 0.6) is 0 Å². The van der Waals surface area contributed by atoms with E-state index in [1.807, 2.05) is 6.07 Å². The van der Waals surface area contributed by atoms with Gasteiger partial charge < -0.3 is 14.9 Å². The zero-order valence-corrected chi connectivity index (χ0v) is 6.67. The van der Waals surface area contributed by atoms with Crippen molar-refractivity contribution < 1.29 is 9.15 Å². The van der Waals surface area contributed by atoms with Gasteiger partial charge in [-0.25, -0.2) is 0 Å². The van der Waals surface area contributed by atoms with Crippen molar-refractivity contribution in [1.82, 2.24) is 0 Å². The minimum absolute atomic E-state index is 0.603. The van der Waals surface area contributed by atoms with Gasteiger partial charge in [0.2, 0.25) is 0 Å². The second-order valence-electron chi connectivity index (χ2n) is 2.34. The summed E-state index contributed by atoms with van der Waals surface area (Å²) >= 11 is 0. The molecular weight excluding hydrogens is 142 g/mol. The molecule has 0 aliphatic heterocycles. The smallest absolute Gasteiger partial charge is 0.110 e. The van der Waals surface area contributed by atoms with Crippen LogP contribution in [-0.4, -0.2) is 13.7 Å². The number of methoxy groups -OCH3 is 1. The van der Waals surface area contributed by atoms with Crippen molar-refractivity contribution in [2.75, 3.05) is 13.7 Å². The normalized spacial score (nSPS) is 10.4. The van der Waals surface area contributed by atoms with Crippen LogP contribution in [0.1, 0.15) is 11.3 Å². The van der Waals surface area contributed by atoms with Crippen LogP contribution in [0.25, 0.3) is 0 Å². The highest BCUT2D eigenvalue weighted by molar-refractivity contribution is 5.16. The van der Waals surface area contributed by atoms with E-state index in [2.05, 4.69) is 0 Å². The Hall–Kier alpha value is -0.800. The van der Waals surface area contributed by atoms with Crippen molar-refractivity contribution in [3.63, 3.8) is 0 Å². The van der Waals surface area contributed by atoms with Crippen LogP contribution >= 0.6 is 0 Å². The van der Waals surface area contributed by atoms with Gasteiger partial charge in [-0.3, -0.25) is 0 Å². The zero-order valence-electron chi connectivity index (χ0n) is 6.67. The molecule has 0 bridgehead atoms. The fourth-order valence-electron chi connectivity index (χ4n) is 1.00. The molecule has 3 heteroatoms. The van der Waals surface area contributed by atoms with E-state index in [1.165, 1.54) is 0 Å². The van der Waals surface area contributed by atoms with Crippen molar-refractivity contribution in [2.45, 2.75) is 13.0 Å². The number of hydrogen-bond donors (Lipinski definition) is 1. The summed E-state index contributed by atoms with van der Waals surface area (Å²) < 4.78 is 10.2. The SMILES string of the molecule is COCc1ccoc1CCN. The van der Waals surface area contributed by atoms with E-state index in [0.717, 1.165) is 17.7 Å². The molecule has 0 fully saturated rings. The number of ether oxygens (including phenoxy) is 1. The van der Waals surface area contributed by atoms with Crippen molar-refractivity contribution in [1.29, 1.82) is 0 Å². The quantitative estimate of drug-likeness (QED) is 0.703. The maximum absolute atomic E-state index is 5.38. The number of rotatable bonds is 4. The summed E-state index contributed by atoms with van der Waals surface area (Å²) in [7, 11) is 1.67. The van der Waals surface area contributed by atoms with Crippen molar-refractivity contribution in [3.05, 3.63) is 23.7 Å². The molecule has 62 valence electrons. The Morgan fingerprint density at radius 1 is 1.64 bits per heavy atom. The molecule has 1 aromatic heterocycles. The lowest BCUT2D eigenvalue weighted by molar-refractivity contribution is 0.183. The minimum Gasteiger partial charge on any atom is -0.469 e. The number of nitrogens with two attached hydrogens (primary N) is 1. The van der Waals surface area contributed by atoms with Gasteiger partial charge in [0.25, 0.3) is 0 Å². The first-order valence-corrected chi connectivity index (χ1v) is 3.62. The Balaban J connectivity index is 2.62. The van der Waals surface area contributed by atoms with E-state index < -0.39 is 0 Å². The molecule has 11 heavy (non-hydrogen) atoms. The number of furan rings is 1. The van der Waals surface area contributed by atoms with Gasteiger partial charge in [-0.15, -0.1) is 0 Å². The first kappa shape index (κ1) is 8.30. The lowest BCUT2D eigenvalue weighted by atomic mass is 10.2. The second kappa shape index (κ2) is 4.16. The molecule has 2 N–H and O–H groups in total. The molecule has 0 saturated carbocycles. The fourth-order valence-corrected chi connectivity index (χ4v) is 1.00. The van der Waals surface area contributed by atoms with E-state index in [0.29, 0.717) is 13.2 Å². The second-order valence-corrected chi connectivity index (χ2v) is 2.34. The Morgan fingerprint density at radius 3 is 3.09 bits per heavy atom. The van der Waals surface area contributed by atoms with Crippen LogP contribution in [0.4, 0.5) is 0 Å². The van der Waals surface area contributed by atoms with Crippen LogP contribution in [0, 0.1) is 0 Å². The Kier molecular flexibility index (Phi) is 3.14. The third-order valence-electron chi connectivity index (χ3n) is 1.51. The Labute approximate surface area is 66.1 Å². The molecule has 0 atom stereocenters. The van der Waals surface area contributed by atoms with Gasteiger partial charge in [0.1, 0.15) is 5.76 Å². The molecule has 0 radical (unpaired) electrons. The molecule has 1 rings (SSSR count). The maximum Gasteiger partial charge on any atom is 0.110 e. The van der Waals surface area contributed by atoms with Gasteiger partial charge in [0.05, 0.1) is 12.9 Å². The van der Waals surface area contributed by atoms with Crippen molar-refractivity contribution >= 4 is 0 Å². The molecule has 0 spiro atoms. The Bertz CT molecular complexity index is 187. The third kappa shape index (κ3) is 2.06. The lowest BCUT2D eigenvalue weighted by Crippen LogP contribution is -2.03. The zero-order chi connectivity index (χ0) is 8.10. The number of hydrogen-bond acceptors (Lipinski definition) is 3. The van der Waals surface area contributed by atoms with E-state index in [-0.39, 0.29) is 0 Å². The van der Waals surface area contributed by atoms with Gasteiger partial charge in [-0.1, -0.05) is 0 Å². The third-order valence-corrected chi connectivity index (χ3v) is 1.51. The van der Waals surface area contributed by atoms with Gasteiger partial charge in [0.15, 0.2) is 0 Å². The van der Waals surface area contributed by atoms with E-state index in [4.69, 9.17) is 14.9 Å². The summed E-state index contributed by atoms with van der Waals surface area (Å²) in [5.74, 6) is 0.939. The molecule has 0 aromatic carbocycles. The van der Waals surface area contributed by atoms with Crippen molar-refractivity contribution in [3.8, 4) is 0 Å². The standard InChI is InChI=1S/C8H13NO2/c1-10-6-7-3-5-11-8(7)2-4-9/h3,5H,2,4,6,9H2,1H3. The molecule has 0 amide bonds. The Morgan fingerprint density at radius 2 is 2.45 bits per heavy atom. The minimum atomic E-state index is 0.603. The maximum atomic E-state index is 5.38. The summed E-state index contributed by atoms with van der Waals surface area (Å²) in [6.45, 7) is 1.22. The summed E-state index contributed by atoms with van der Waals surface area (Å²) in [5.41, 5.74) is 6.48. The van der Waals surface area contributed by atoms with Gasteiger partial charge in [0, 0.05) is 19.1 Å². The van der Waals surface area contributed by atoms with Crippen LogP contribution in [0.15, 0.2) is 16.7 Å². The van der Waals surface area contributed by atoms with E-state index >= 15 is 0 Å². The summed E-state index contributed by atoms with van der Waals surface area (Å²) in [5, 5.41) is 0. The summed E-state index contributed by atoms with van der Waals surface area (Å²) in [6.07, 6.45) is 2.45. The average Bonchev–Trinajstić information content (AvgIpc) is 2.39. The predicted octanol–water partition coefficient (Wildman–Crippen LogP) is 0.927. The highest BCUT2D eigenvalue weighted by atomic mass is 16.5. The monoisotopic (exact) mass is 155 g/mol. The topological polar surface area (TPSA) is 48.4 Å². The van der Waals surface area contributed by atoms with Crippen LogP contribution < -0.4 is 5.73 Å². The molecule has 3 nitrogen and oxygen atoms in total. The molecule has 1 aromatic rings. The predicted molar refractivity (Wildman–Crippen MR) is 42.2 cm³/mol. The first-order chi connectivity index (χ1) is 5.38. The van der Waals surface area contributed by atoms with Gasteiger partial charge >= 0.3 is 0 Å². The molecule has 0 aliphatic rings. The molecule has 0 saturated heterocycles. The molecular formula is C8H13NO2. The van der Waals surface area contributed by atoms with Crippen LogP contribution in [0.2, 0.25) is 0 Å². The lowest BCUT2D eigenvalue weighted by Gasteiger charge is -1.98. The highest BCUT2D eigenvalue weighted by Crippen LogP contribution is 2.11. The fraction of sp³-hybridized carbons (Fsp3) is 0.500. The van der Waals surface area contributed by atoms with E-state index in [9.17, 15) is 0 Å². The van der Waals surface area contributed by atoms with Gasteiger partial charge in [-0.05, 0) is 12.6 Å². The molecule has 0 aliphatic carbocycles. The van der Waals surface area contributed by atoms with Crippen molar-refractivity contribution in [2.24, 2.45) is 5.73 Å². The molecule has 0 unspecified atom stereocenters. The summed E-state index contributed by atoms with van der Waals surface area (Å²) in [4.78, 5) is 0.